The van der Waals surface area contributed by atoms with Gasteiger partial charge in [-0.2, -0.15) is 0 Å². The van der Waals surface area contributed by atoms with Gasteiger partial charge in [-0.1, -0.05) is 20.3 Å². The van der Waals surface area contributed by atoms with E-state index in [0.29, 0.717) is 25.0 Å². The topological polar surface area (TPSA) is 51.2 Å². The summed E-state index contributed by atoms with van der Waals surface area (Å²) in [7, 11) is 0. The van der Waals surface area contributed by atoms with Gasteiger partial charge in [-0.15, -0.1) is 0 Å². The molecule has 0 unspecified atom stereocenters. The lowest BCUT2D eigenvalue weighted by atomic mass is 9.67. The van der Waals surface area contributed by atoms with Crippen LogP contribution in [0.3, 0.4) is 0 Å². The standard InChI is InChI=1S/C16H24O3/c1-10(17)7-13-11-5-4-6-12(11)14(18)8-16(2,3)9-15(13)19/h11-13H,4-9H2,1-3H3/t11-,12-,13-/m1/s1. The van der Waals surface area contributed by atoms with Crippen molar-refractivity contribution < 1.29 is 14.4 Å². The predicted molar refractivity (Wildman–Crippen MR) is 72.6 cm³/mol. The zero-order valence-corrected chi connectivity index (χ0v) is 12.2. The zero-order chi connectivity index (χ0) is 14.2. The van der Waals surface area contributed by atoms with Crippen LogP contribution in [-0.4, -0.2) is 17.3 Å². The van der Waals surface area contributed by atoms with Crippen molar-refractivity contribution in [2.24, 2.45) is 23.2 Å². The van der Waals surface area contributed by atoms with E-state index in [0.717, 1.165) is 19.3 Å². The molecule has 0 amide bonds. The van der Waals surface area contributed by atoms with Crippen LogP contribution in [0.5, 0.6) is 0 Å². The van der Waals surface area contributed by atoms with Gasteiger partial charge in [0.25, 0.3) is 0 Å². The highest BCUT2D eigenvalue weighted by Crippen LogP contribution is 2.45. The molecule has 0 heterocycles. The Morgan fingerprint density at radius 1 is 1.16 bits per heavy atom. The van der Waals surface area contributed by atoms with Gasteiger partial charge in [-0.05, 0) is 31.1 Å². The summed E-state index contributed by atoms with van der Waals surface area (Å²) in [4.78, 5) is 36.4. The monoisotopic (exact) mass is 264 g/mol. The molecule has 0 radical (unpaired) electrons. The SMILES string of the molecule is CC(=O)C[C@H]1C(=O)CC(C)(C)CC(=O)[C@@H]2CCC[C@H]21. The Balaban J connectivity index is 2.30. The molecule has 2 saturated carbocycles. The minimum Gasteiger partial charge on any atom is -0.300 e. The molecule has 106 valence electrons. The third-order valence-electron chi connectivity index (χ3n) is 4.73. The third kappa shape index (κ3) is 3.13. The van der Waals surface area contributed by atoms with Crippen molar-refractivity contribution in [1.29, 1.82) is 0 Å². The van der Waals surface area contributed by atoms with Gasteiger partial charge >= 0.3 is 0 Å². The van der Waals surface area contributed by atoms with Crippen LogP contribution in [-0.2, 0) is 14.4 Å². The van der Waals surface area contributed by atoms with E-state index in [1.807, 2.05) is 13.8 Å². The van der Waals surface area contributed by atoms with E-state index in [2.05, 4.69) is 0 Å². The van der Waals surface area contributed by atoms with Gasteiger partial charge < -0.3 is 4.79 Å². The van der Waals surface area contributed by atoms with Crippen LogP contribution in [0, 0.1) is 23.2 Å². The summed E-state index contributed by atoms with van der Waals surface area (Å²) >= 11 is 0. The summed E-state index contributed by atoms with van der Waals surface area (Å²) in [6.07, 6.45) is 4.11. The van der Waals surface area contributed by atoms with Crippen LogP contribution in [0.1, 0.15) is 59.3 Å². The lowest BCUT2D eigenvalue weighted by Gasteiger charge is -2.35. The lowest BCUT2D eigenvalue weighted by Crippen LogP contribution is -2.38. The Bertz CT molecular complexity index is 408. The van der Waals surface area contributed by atoms with Gasteiger partial charge in [0.2, 0.25) is 0 Å². The van der Waals surface area contributed by atoms with Crippen molar-refractivity contribution in [2.75, 3.05) is 0 Å². The summed E-state index contributed by atoms with van der Waals surface area (Å²) in [5.41, 5.74) is -0.253. The van der Waals surface area contributed by atoms with Gasteiger partial charge in [0.05, 0.1) is 0 Å². The second-order valence-electron chi connectivity index (χ2n) is 7.16. The van der Waals surface area contributed by atoms with Gasteiger partial charge in [0.1, 0.15) is 17.3 Å². The highest BCUT2D eigenvalue weighted by atomic mass is 16.1. The fourth-order valence-corrected chi connectivity index (χ4v) is 3.95. The molecule has 0 bridgehead atoms. The molecule has 0 aromatic heterocycles. The summed E-state index contributed by atoms with van der Waals surface area (Å²) in [6, 6.07) is 0. The summed E-state index contributed by atoms with van der Waals surface area (Å²) in [5.74, 6) is 0.509. The van der Waals surface area contributed by atoms with Crippen LogP contribution in [0.15, 0.2) is 0 Å². The first kappa shape index (κ1) is 14.4. The molecule has 2 rings (SSSR count). The van der Waals surface area contributed by atoms with Crippen molar-refractivity contribution in [2.45, 2.75) is 59.3 Å². The van der Waals surface area contributed by atoms with E-state index >= 15 is 0 Å². The molecule has 0 aromatic rings. The lowest BCUT2D eigenvalue weighted by molar-refractivity contribution is -0.137. The number of rotatable bonds is 2. The fraction of sp³-hybridized carbons (Fsp3) is 0.812. The normalized spacial score (nSPS) is 34.6. The largest absolute Gasteiger partial charge is 0.300 e. The highest BCUT2D eigenvalue weighted by molar-refractivity contribution is 5.91. The average Bonchev–Trinajstić information content (AvgIpc) is 2.71. The van der Waals surface area contributed by atoms with Gasteiger partial charge in [0, 0.05) is 31.1 Å². The number of Topliss-reactive ketones (excluding diaryl/α,β-unsaturated/α-hetero) is 3. The molecule has 0 spiro atoms. The summed E-state index contributed by atoms with van der Waals surface area (Å²) in [6.45, 7) is 5.52. The number of carbonyl (C=O) groups excluding carboxylic acids is 3. The molecule has 0 saturated heterocycles. The van der Waals surface area contributed by atoms with E-state index in [-0.39, 0.29) is 34.7 Å². The number of ketones is 3. The van der Waals surface area contributed by atoms with Crippen molar-refractivity contribution in [3.8, 4) is 0 Å². The molecule has 2 fully saturated rings. The second-order valence-corrected chi connectivity index (χ2v) is 7.16. The van der Waals surface area contributed by atoms with Crippen molar-refractivity contribution in [3.05, 3.63) is 0 Å². The first-order valence-corrected chi connectivity index (χ1v) is 7.35. The highest BCUT2D eigenvalue weighted by Gasteiger charge is 2.45. The number of hydrogen-bond acceptors (Lipinski definition) is 3. The molecule has 3 nitrogen and oxygen atoms in total. The third-order valence-corrected chi connectivity index (χ3v) is 4.73. The van der Waals surface area contributed by atoms with E-state index in [1.165, 1.54) is 0 Å². The fourth-order valence-electron chi connectivity index (χ4n) is 3.95. The van der Waals surface area contributed by atoms with Crippen LogP contribution < -0.4 is 0 Å². The number of fused-ring (bicyclic) bond motifs is 1. The first-order chi connectivity index (χ1) is 8.80. The minimum absolute atomic E-state index is 0.0212. The van der Waals surface area contributed by atoms with Crippen LogP contribution >= 0.6 is 0 Å². The molecule has 0 aromatic carbocycles. The first-order valence-electron chi connectivity index (χ1n) is 7.35. The van der Waals surface area contributed by atoms with Crippen LogP contribution in [0.2, 0.25) is 0 Å². The van der Waals surface area contributed by atoms with E-state index < -0.39 is 0 Å². The Hall–Kier alpha value is -0.990. The molecule has 3 heteroatoms. The summed E-state index contributed by atoms with van der Waals surface area (Å²) in [5, 5.41) is 0. The Morgan fingerprint density at radius 3 is 2.42 bits per heavy atom. The predicted octanol–water partition coefficient (Wildman–Crippen LogP) is 2.96. The van der Waals surface area contributed by atoms with Crippen molar-refractivity contribution in [3.63, 3.8) is 0 Å². The molecule has 3 atom stereocenters. The molecular weight excluding hydrogens is 240 g/mol. The molecule has 2 aliphatic carbocycles. The zero-order valence-electron chi connectivity index (χ0n) is 12.2. The maximum absolute atomic E-state index is 12.5. The average molecular weight is 264 g/mol. The second kappa shape index (κ2) is 5.18. The molecule has 19 heavy (non-hydrogen) atoms. The van der Waals surface area contributed by atoms with Crippen molar-refractivity contribution in [1.82, 2.24) is 0 Å². The van der Waals surface area contributed by atoms with Gasteiger partial charge in [0.15, 0.2) is 0 Å². The Labute approximate surface area is 115 Å². The quantitative estimate of drug-likeness (QED) is 0.770. The van der Waals surface area contributed by atoms with Crippen molar-refractivity contribution >= 4 is 17.3 Å². The molecule has 2 aliphatic rings. The maximum atomic E-state index is 12.5. The maximum Gasteiger partial charge on any atom is 0.137 e. The van der Waals surface area contributed by atoms with Crippen LogP contribution in [0.25, 0.3) is 0 Å². The smallest absolute Gasteiger partial charge is 0.137 e. The van der Waals surface area contributed by atoms with Crippen LogP contribution in [0.4, 0.5) is 0 Å². The van der Waals surface area contributed by atoms with E-state index in [4.69, 9.17) is 0 Å². The van der Waals surface area contributed by atoms with E-state index in [1.54, 1.807) is 6.92 Å². The number of hydrogen-bond donors (Lipinski definition) is 0. The summed E-state index contributed by atoms with van der Waals surface area (Å²) < 4.78 is 0. The Kier molecular flexibility index (Phi) is 3.93. The minimum atomic E-state index is -0.253. The van der Waals surface area contributed by atoms with E-state index in [9.17, 15) is 14.4 Å². The van der Waals surface area contributed by atoms with Gasteiger partial charge in [-0.25, -0.2) is 0 Å². The molecular formula is C16H24O3. The Morgan fingerprint density at radius 2 is 1.79 bits per heavy atom. The molecule has 0 N–H and O–H groups in total. The van der Waals surface area contributed by atoms with Gasteiger partial charge in [-0.3, -0.25) is 9.59 Å². The molecule has 0 aliphatic heterocycles. The number of carbonyl (C=O) groups is 3.